The number of nitrogens with two attached hydrogens (primary N) is 1. The van der Waals surface area contributed by atoms with E-state index in [2.05, 4.69) is 19.9 Å². The van der Waals surface area contributed by atoms with Crippen LogP contribution in [-0.4, -0.2) is 87.5 Å². The van der Waals surface area contributed by atoms with E-state index in [0.29, 0.717) is 56.7 Å². The third-order valence-electron chi connectivity index (χ3n) is 6.53. The van der Waals surface area contributed by atoms with Crippen molar-refractivity contribution < 1.29 is 19.4 Å². The van der Waals surface area contributed by atoms with Gasteiger partial charge in [-0.3, -0.25) is 4.79 Å². The summed E-state index contributed by atoms with van der Waals surface area (Å²) in [5.41, 5.74) is 6.99. The lowest BCUT2D eigenvalue weighted by atomic mass is 9.87. The number of amides is 1. The van der Waals surface area contributed by atoms with E-state index < -0.39 is 6.10 Å². The van der Waals surface area contributed by atoms with Gasteiger partial charge in [0.2, 0.25) is 17.8 Å². The molecule has 3 N–H and O–H groups in total. The Morgan fingerprint density at radius 3 is 2.61 bits per heavy atom. The molecular formula is C22H29N7O4. The topological polar surface area (TPSA) is 140 Å². The number of morpholine rings is 1. The normalized spacial score (nSPS) is 23.5. The van der Waals surface area contributed by atoms with Gasteiger partial charge in [0, 0.05) is 63.0 Å². The van der Waals surface area contributed by atoms with Gasteiger partial charge in [0.15, 0.2) is 0 Å². The van der Waals surface area contributed by atoms with Crippen molar-refractivity contribution in [2.24, 2.45) is 5.92 Å². The van der Waals surface area contributed by atoms with Crippen LogP contribution in [0.15, 0.2) is 18.5 Å². The summed E-state index contributed by atoms with van der Waals surface area (Å²) < 4.78 is 11.6. The Bertz CT molecular complexity index is 989. The predicted molar refractivity (Wildman–Crippen MR) is 119 cm³/mol. The van der Waals surface area contributed by atoms with Crippen LogP contribution < -0.4 is 15.4 Å². The fraction of sp³-hybridized carbons (Fsp3) is 0.591. The van der Waals surface area contributed by atoms with E-state index >= 15 is 0 Å². The molecule has 11 nitrogen and oxygen atoms in total. The van der Waals surface area contributed by atoms with E-state index in [1.165, 1.54) is 0 Å². The van der Waals surface area contributed by atoms with E-state index in [1.807, 2.05) is 0 Å². The lowest BCUT2D eigenvalue weighted by Gasteiger charge is -2.41. The smallest absolute Gasteiger partial charge is 0.251 e. The molecule has 2 aromatic heterocycles. The van der Waals surface area contributed by atoms with Crippen LogP contribution in [0.5, 0.6) is 5.88 Å². The highest BCUT2D eigenvalue weighted by molar-refractivity contribution is 5.81. The van der Waals surface area contributed by atoms with Gasteiger partial charge in [-0.05, 0) is 18.8 Å². The molecular weight excluding hydrogens is 426 g/mol. The van der Waals surface area contributed by atoms with Crippen molar-refractivity contribution in [2.75, 3.05) is 44.0 Å². The highest BCUT2D eigenvalue weighted by Gasteiger charge is 2.41. The van der Waals surface area contributed by atoms with Crippen molar-refractivity contribution in [3.63, 3.8) is 0 Å². The first-order valence-corrected chi connectivity index (χ1v) is 11.4. The molecule has 11 heteroatoms. The number of aliphatic hydroxyl groups is 1. The minimum absolute atomic E-state index is 0.0569. The Morgan fingerprint density at radius 2 is 1.94 bits per heavy atom. The minimum atomic E-state index is -0.877. The maximum absolute atomic E-state index is 12.4. The molecule has 176 valence electrons. The number of likely N-dealkylation sites (N-methyl/N-ethyl adjacent to an activating group) is 1. The zero-order chi connectivity index (χ0) is 22.9. The second-order valence-electron chi connectivity index (χ2n) is 8.92. The van der Waals surface area contributed by atoms with Crippen molar-refractivity contribution in [3.8, 4) is 17.1 Å². The number of aliphatic hydroxyl groups excluding tert-OH is 1. The summed E-state index contributed by atoms with van der Waals surface area (Å²) in [6.07, 6.45) is 5.55. The van der Waals surface area contributed by atoms with Crippen LogP contribution in [0, 0.1) is 5.92 Å². The van der Waals surface area contributed by atoms with Gasteiger partial charge in [0.05, 0.1) is 18.9 Å². The monoisotopic (exact) mass is 455 g/mol. The molecule has 0 radical (unpaired) electrons. The van der Waals surface area contributed by atoms with Gasteiger partial charge in [0.1, 0.15) is 12.2 Å². The van der Waals surface area contributed by atoms with Gasteiger partial charge in [-0.15, -0.1) is 0 Å². The summed E-state index contributed by atoms with van der Waals surface area (Å²) in [5, 5.41) is 10.1. The first-order chi connectivity index (χ1) is 16.0. The molecule has 3 fully saturated rings. The number of carbonyl (C=O) groups excluding carboxylic acids is 1. The first-order valence-electron chi connectivity index (χ1n) is 11.4. The largest absolute Gasteiger partial charge is 0.474 e. The minimum Gasteiger partial charge on any atom is -0.474 e. The number of ether oxygens (including phenoxy) is 2. The van der Waals surface area contributed by atoms with Crippen LogP contribution in [0.4, 0.5) is 11.9 Å². The molecule has 0 unspecified atom stereocenters. The quantitative estimate of drug-likeness (QED) is 0.606. The Labute approximate surface area is 192 Å². The predicted octanol–water partition coefficient (Wildman–Crippen LogP) is 0.492. The zero-order valence-corrected chi connectivity index (χ0v) is 18.6. The van der Waals surface area contributed by atoms with Gasteiger partial charge >= 0.3 is 0 Å². The van der Waals surface area contributed by atoms with Crippen molar-refractivity contribution >= 4 is 17.8 Å². The van der Waals surface area contributed by atoms with Crippen molar-refractivity contribution in [1.29, 1.82) is 0 Å². The van der Waals surface area contributed by atoms with E-state index in [9.17, 15) is 9.90 Å². The van der Waals surface area contributed by atoms with Gasteiger partial charge in [-0.2, -0.15) is 4.98 Å². The summed E-state index contributed by atoms with van der Waals surface area (Å²) in [5.74, 6) is 1.17. The van der Waals surface area contributed by atoms with Crippen LogP contribution in [-0.2, 0) is 9.53 Å². The molecule has 5 rings (SSSR count). The average Bonchev–Trinajstić information content (AvgIpc) is 3.66. The third kappa shape index (κ3) is 4.83. The molecule has 1 aliphatic heterocycles. The summed E-state index contributed by atoms with van der Waals surface area (Å²) in [4.78, 5) is 33.6. The first kappa shape index (κ1) is 21.8. The van der Waals surface area contributed by atoms with Crippen LogP contribution in [0.2, 0.25) is 0 Å². The van der Waals surface area contributed by atoms with Crippen LogP contribution >= 0.6 is 0 Å². The number of rotatable bonds is 7. The number of hydrogen-bond acceptors (Lipinski definition) is 10. The molecule has 33 heavy (non-hydrogen) atoms. The number of hydrogen-bond donors (Lipinski definition) is 2. The Hall–Kier alpha value is -3.05. The Kier molecular flexibility index (Phi) is 5.98. The lowest BCUT2D eigenvalue weighted by Crippen LogP contribution is -2.52. The molecule has 0 spiro atoms. The maximum atomic E-state index is 12.4. The van der Waals surface area contributed by atoms with Crippen molar-refractivity contribution in [3.05, 3.63) is 18.5 Å². The van der Waals surface area contributed by atoms with Gasteiger partial charge in [-0.25, -0.2) is 15.0 Å². The van der Waals surface area contributed by atoms with Gasteiger partial charge < -0.3 is 30.1 Å². The summed E-state index contributed by atoms with van der Waals surface area (Å²) in [7, 11) is 1.76. The summed E-state index contributed by atoms with van der Waals surface area (Å²) in [6, 6.07) is 1.83. The molecule has 2 saturated carbocycles. The molecule has 0 aromatic carbocycles. The number of nitrogen functional groups attached to an aromatic ring is 1. The van der Waals surface area contributed by atoms with Gasteiger partial charge in [0.25, 0.3) is 5.91 Å². The SMILES string of the molecule is CN(C(=O)[C@@H](O)C1CC1)[C@H]1C[C@H](Oc2cc(-c3cnc(N)nc3)nc(N3CCOCC3)n2)C1. The van der Waals surface area contributed by atoms with Gasteiger partial charge in [-0.1, -0.05) is 0 Å². The Morgan fingerprint density at radius 1 is 1.24 bits per heavy atom. The maximum Gasteiger partial charge on any atom is 0.251 e. The molecule has 1 saturated heterocycles. The molecule has 1 atom stereocenters. The molecule has 0 bridgehead atoms. The second-order valence-corrected chi connectivity index (χ2v) is 8.92. The molecule has 3 aliphatic rings. The Balaban J connectivity index is 1.28. The van der Waals surface area contributed by atoms with Crippen molar-refractivity contribution in [2.45, 2.75) is 43.9 Å². The van der Waals surface area contributed by atoms with Crippen molar-refractivity contribution in [1.82, 2.24) is 24.8 Å². The van der Waals surface area contributed by atoms with E-state index in [-0.39, 0.29) is 29.9 Å². The summed E-state index contributed by atoms with van der Waals surface area (Å²) in [6.45, 7) is 2.63. The fourth-order valence-electron chi connectivity index (χ4n) is 4.12. The number of nitrogens with zero attached hydrogens (tertiary/aromatic N) is 6. The standard InChI is InChI=1S/C22H29N7O4/c1-28(20(31)19(30)13-2-3-13)15-8-16(9-15)33-18-10-17(14-11-24-21(23)25-12-14)26-22(27-18)29-4-6-32-7-5-29/h10-13,15-16,19,30H,2-9H2,1H3,(H2,23,24,25)/t15-,16-,19-/m0/s1. The molecule has 2 aromatic rings. The highest BCUT2D eigenvalue weighted by atomic mass is 16.5. The third-order valence-corrected chi connectivity index (χ3v) is 6.53. The van der Waals surface area contributed by atoms with E-state index in [0.717, 1.165) is 18.4 Å². The highest BCUT2D eigenvalue weighted by Crippen LogP contribution is 2.35. The van der Waals surface area contributed by atoms with E-state index in [4.69, 9.17) is 20.2 Å². The fourth-order valence-corrected chi connectivity index (χ4v) is 4.12. The molecule has 2 aliphatic carbocycles. The number of aromatic nitrogens is 4. The molecule has 1 amide bonds. The second kappa shape index (κ2) is 9.06. The lowest BCUT2D eigenvalue weighted by molar-refractivity contribution is -0.145. The van der Waals surface area contributed by atoms with Crippen LogP contribution in [0.25, 0.3) is 11.3 Å². The summed E-state index contributed by atoms with van der Waals surface area (Å²) >= 11 is 0. The zero-order valence-electron chi connectivity index (χ0n) is 18.6. The van der Waals surface area contributed by atoms with Crippen LogP contribution in [0.1, 0.15) is 25.7 Å². The number of carbonyl (C=O) groups is 1. The average molecular weight is 456 g/mol. The molecule has 3 heterocycles. The van der Waals surface area contributed by atoms with Crippen LogP contribution in [0.3, 0.4) is 0 Å². The number of anilines is 2. The van der Waals surface area contributed by atoms with E-state index in [1.54, 1.807) is 30.4 Å².